The van der Waals surface area contributed by atoms with Crippen LogP contribution >= 0.6 is 0 Å². The van der Waals surface area contributed by atoms with Gasteiger partial charge in [0, 0.05) is 12.2 Å². The van der Waals surface area contributed by atoms with E-state index in [9.17, 15) is 13.2 Å². The van der Waals surface area contributed by atoms with Crippen LogP contribution in [0.4, 0.5) is 5.69 Å². The number of nitrogens with zero attached hydrogens (tertiary/aromatic N) is 1. The van der Waals surface area contributed by atoms with Crippen molar-refractivity contribution in [3.8, 4) is 0 Å². The van der Waals surface area contributed by atoms with E-state index in [0.717, 1.165) is 17.5 Å². The number of rotatable bonds is 8. The zero-order valence-corrected chi connectivity index (χ0v) is 18.0. The molecule has 0 fully saturated rings. The van der Waals surface area contributed by atoms with Crippen LogP contribution in [0.1, 0.15) is 23.6 Å². The van der Waals surface area contributed by atoms with Crippen LogP contribution < -0.4 is 5.32 Å². The lowest BCUT2D eigenvalue weighted by Gasteiger charge is -2.22. The summed E-state index contributed by atoms with van der Waals surface area (Å²) in [5, 5.41) is 2.80. The van der Waals surface area contributed by atoms with Crippen LogP contribution in [0.25, 0.3) is 0 Å². The fourth-order valence-corrected chi connectivity index (χ4v) is 4.45. The molecule has 0 atom stereocenters. The third-order valence-electron chi connectivity index (χ3n) is 4.83. The quantitative estimate of drug-likeness (QED) is 0.586. The summed E-state index contributed by atoms with van der Waals surface area (Å²) in [6, 6.07) is 23.3. The summed E-state index contributed by atoms with van der Waals surface area (Å²) >= 11 is 0. The van der Waals surface area contributed by atoms with Crippen molar-refractivity contribution in [2.45, 2.75) is 31.7 Å². The average Bonchev–Trinajstić information content (AvgIpc) is 2.76. The second-order valence-electron chi connectivity index (χ2n) is 7.17. The molecule has 0 aliphatic rings. The first kappa shape index (κ1) is 21.7. The minimum Gasteiger partial charge on any atom is -0.325 e. The molecule has 30 heavy (non-hydrogen) atoms. The Labute approximate surface area is 178 Å². The minimum absolute atomic E-state index is 0.111. The van der Waals surface area contributed by atoms with Crippen molar-refractivity contribution in [1.82, 2.24) is 4.31 Å². The third kappa shape index (κ3) is 5.55. The molecule has 3 aromatic rings. The van der Waals surface area contributed by atoms with Crippen molar-refractivity contribution in [1.29, 1.82) is 0 Å². The van der Waals surface area contributed by atoms with Crippen molar-refractivity contribution in [3.05, 3.63) is 95.6 Å². The summed E-state index contributed by atoms with van der Waals surface area (Å²) in [6.07, 6.45) is 0.911. The predicted molar refractivity (Wildman–Crippen MR) is 120 cm³/mol. The number of aryl methyl sites for hydroxylation is 2. The SMILES string of the molecule is CCc1ccc(NC(=O)CN(Cc2ccc(C)cc2)S(=O)(=O)c2ccccc2)cc1. The topological polar surface area (TPSA) is 66.5 Å². The summed E-state index contributed by atoms with van der Waals surface area (Å²) < 4.78 is 27.7. The second-order valence-corrected chi connectivity index (χ2v) is 9.11. The highest BCUT2D eigenvalue weighted by Gasteiger charge is 2.26. The lowest BCUT2D eigenvalue weighted by molar-refractivity contribution is -0.116. The third-order valence-corrected chi connectivity index (χ3v) is 6.63. The number of hydrogen-bond acceptors (Lipinski definition) is 3. The molecule has 1 N–H and O–H groups in total. The lowest BCUT2D eigenvalue weighted by atomic mass is 10.1. The summed E-state index contributed by atoms with van der Waals surface area (Å²) in [6.45, 7) is 3.87. The number of nitrogens with one attached hydrogen (secondary N) is 1. The normalized spacial score (nSPS) is 11.4. The molecule has 0 aromatic heterocycles. The number of carbonyl (C=O) groups is 1. The largest absolute Gasteiger partial charge is 0.325 e. The zero-order valence-electron chi connectivity index (χ0n) is 17.2. The van der Waals surface area contributed by atoms with E-state index in [1.807, 2.05) is 55.5 Å². The first-order valence-corrected chi connectivity index (χ1v) is 11.3. The van der Waals surface area contributed by atoms with E-state index >= 15 is 0 Å². The van der Waals surface area contributed by atoms with Crippen LogP contribution in [0.2, 0.25) is 0 Å². The molecule has 0 aliphatic heterocycles. The van der Waals surface area contributed by atoms with Crippen molar-refractivity contribution < 1.29 is 13.2 Å². The Morgan fingerprint density at radius 2 is 1.47 bits per heavy atom. The van der Waals surface area contributed by atoms with Gasteiger partial charge in [0.1, 0.15) is 0 Å². The highest BCUT2D eigenvalue weighted by atomic mass is 32.2. The Bertz CT molecular complexity index is 1080. The number of carbonyl (C=O) groups excluding carboxylic acids is 1. The van der Waals surface area contributed by atoms with Crippen LogP contribution in [0.3, 0.4) is 0 Å². The van der Waals surface area contributed by atoms with Gasteiger partial charge in [0.25, 0.3) is 0 Å². The van der Waals surface area contributed by atoms with Gasteiger partial charge in [-0.15, -0.1) is 0 Å². The fraction of sp³-hybridized carbons (Fsp3) is 0.208. The van der Waals surface area contributed by atoms with Crippen LogP contribution in [-0.2, 0) is 27.8 Å². The maximum absolute atomic E-state index is 13.2. The molecule has 3 rings (SSSR count). The van der Waals surface area contributed by atoms with Crippen LogP contribution in [0.5, 0.6) is 0 Å². The average molecular weight is 423 g/mol. The fourth-order valence-electron chi connectivity index (χ4n) is 3.05. The Balaban J connectivity index is 1.82. The molecule has 156 valence electrons. The Morgan fingerprint density at radius 3 is 2.07 bits per heavy atom. The van der Waals surface area contributed by atoms with Gasteiger partial charge < -0.3 is 5.32 Å². The Hall–Kier alpha value is -2.96. The summed E-state index contributed by atoms with van der Waals surface area (Å²) in [5.41, 5.74) is 3.72. The van der Waals surface area contributed by atoms with Gasteiger partial charge in [-0.2, -0.15) is 4.31 Å². The summed E-state index contributed by atoms with van der Waals surface area (Å²) in [5.74, 6) is -0.383. The van der Waals surface area contributed by atoms with E-state index in [1.165, 1.54) is 9.87 Å². The van der Waals surface area contributed by atoms with Crippen molar-refractivity contribution in [2.24, 2.45) is 0 Å². The van der Waals surface area contributed by atoms with Crippen LogP contribution in [0, 0.1) is 6.92 Å². The summed E-state index contributed by atoms with van der Waals surface area (Å²) in [7, 11) is -3.83. The van der Waals surface area contributed by atoms with Crippen LogP contribution in [-0.4, -0.2) is 25.2 Å². The maximum atomic E-state index is 13.2. The monoisotopic (exact) mass is 422 g/mol. The molecule has 0 aliphatic carbocycles. The van der Waals surface area contributed by atoms with E-state index in [4.69, 9.17) is 0 Å². The van der Waals surface area contributed by atoms with E-state index in [-0.39, 0.29) is 23.9 Å². The van der Waals surface area contributed by atoms with Gasteiger partial charge in [0.2, 0.25) is 15.9 Å². The highest BCUT2D eigenvalue weighted by Crippen LogP contribution is 2.19. The van der Waals surface area contributed by atoms with Crippen molar-refractivity contribution >= 4 is 21.6 Å². The molecule has 6 heteroatoms. The van der Waals surface area contributed by atoms with Gasteiger partial charge in [-0.05, 0) is 48.7 Å². The first-order valence-electron chi connectivity index (χ1n) is 9.88. The van der Waals surface area contributed by atoms with Crippen molar-refractivity contribution in [3.63, 3.8) is 0 Å². The van der Waals surface area contributed by atoms with Gasteiger partial charge in [0.05, 0.1) is 11.4 Å². The predicted octanol–water partition coefficient (Wildman–Crippen LogP) is 4.39. The Kier molecular flexibility index (Phi) is 7.03. The number of hydrogen-bond donors (Lipinski definition) is 1. The molecule has 5 nitrogen and oxygen atoms in total. The van der Waals surface area contributed by atoms with Gasteiger partial charge in [-0.3, -0.25) is 4.79 Å². The van der Waals surface area contributed by atoms with E-state index in [1.54, 1.807) is 30.3 Å². The standard InChI is InChI=1S/C24H26N2O3S/c1-3-20-13-15-22(16-14-20)25-24(27)18-26(17-21-11-9-19(2)10-12-21)30(28,29)23-7-5-4-6-8-23/h4-16H,3,17-18H2,1-2H3,(H,25,27). The zero-order chi connectivity index (χ0) is 21.6. The molecule has 0 bridgehead atoms. The molecular formula is C24H26N2O3S. The molecular weight excluding hydrogens is 396 g/mol. The Morgan fingerprint density at radius 1 is 0.867 bits per heavy atom. The molecule has 3 aromatic carbocycles. The van der Waals surface area contributed by atoms with Gasteiger partial charge >= 0.3 is 0 Å². The number of benzene rings is 3. The number of amides is 1. The second kappa shape index (κ2) is 9.69. The smallest absolute Gasteiger partial charge is 0.243 e. The lowest BCUT2D eigenvalue weighted by Crippen LogP contribution is -2.37. The van der Waals surface area contributed by atoms with Gasteiger partial charge in [-0.25, -0.2) is 8.42 Å². The molecule has 0 unspecified atom stereocenters. The van der Waals surface area contributed by atoms with E-state index in [0.29, 0.717) is 5.69 Å². The van der Waals surface area contributed by atoms with E-state index in [2.05, 4.69) is 12.2 Å². The minimum atomic E-state index is -3.83. The van der Waals surface area contributed by atoms with Crippen molar-refractivity contribution in [2.75, 3.05) is 11.9 Å². The van der Waals surface area contributed by atoms with E-state index < -0.39 is 10.0 Å². The summed E-state index contributed by atoms with van der Waals surface area (Å²) in [4.78, 5) is 12.8. The van der Waals surface area contributed by atoms with Gasteiger partial charge in [0.15, 0.2) is 0 Å². The molecule has 0 spiro atoms. The van der Waals surface area contributed by atoms with Crippen LogP contribution in [0.15, 0.2) is 83.8 Å². The highest BCUT2D eigenvalue weighted by molar-refractivity contribution is 7.89. The molecule has 1 amide bonds. The maximum Gasteiger partial charge on any atom is 0.243 e. The molecule has 0 heterocycles. The molecule has 0 saturated heterocycles. The molecule has 0 radical (unpaired) electrons. The first-order chi connectivity index (χ1) is 14.4. The number of anilines is 1. The molecule has 0 saturated carbocycles. The number of sulfonamides is 1. The van der Waals surface area contributed by atoms with Gasteiger partial charge in [-0.1, -0.05) is 67.1 Å².